The summed E-state index contributed by atoms with van der Waals surface area (Å²) in [7, 11) is 0. The summed E-state index contributed by atoms with van der Waals surface area (Å²) in [5.74, 6) is 3.04. The summed E-state index contributed by atoms with van der Waals surface area (Å²) in [4.78, 5) is 0. The van der Waals surface area contributed by atoms with Crippen molar-refractivity contribution < 1.29 is 0 Å². The Hall–Kier alpha value is -0.520. The van der Waals surface area contributed by atoms with E-state index in [1.54, 1.807) is 0 Å². The molecule has 4 atom stereocenters. The summed E-state index contributed by atoms with van der Waals surface area (Å²) in [5.41, 5.74) is 2.71. The summed E-state index contributed by atoms with van der Waals surface area (Å²) in [6.45, 7) is 17.3. The highest BCUT2D eigenvalue weighted by atomic mass is 14.4. The van der Waals surface area contributed by atoms with Gasteiger partial charge < -0.3 is 0 Å². The first kappa shape index (κ1) is 11.6. The van der Waals surface area contributed by atoms with Crippen molar-refractivity contribution in [2.75, 3.05) is 0 Å². The van der Waals surface area contributed by atoms with Gasteiger partial charge in [-0.1, -0.05) is 38.2 Å². The van der Waals surface area contributed by atoms with Crippen molar-refractivity contribution in [3.63, 3.8) is 0 Å². The molecule has 14 heavy (non-hydrogen) atoms. The Balaban J connectivity index is 2.76. The third kappa shape index (κ3) is 2.29. The Morgan fingerprint density at radius 1 is 1.00 bits per heavy atom. The van der Waals surface area contributed by atoms with Gasteiger partial charge in [0.25, 0.3) is 0 Å². The highest BCUT2D eigenvalue weighted by Crippen LogP contribution is 2.42. The van der Waals surface area contributed by atoms with Gasteiger partial charge in [-0.3, -0.25) is 0 Å². The minimum absolute atomic E-state index is 0.709. The summed E-state index contributed by atoms with van der Waals surface area (Å²) >= 11 is 0. The van der Waals surface area contributed by atoms with Crippen LogP contribution in [0.2, 0.25) is 0 Å². The van der Waals surface area contributed by atoms with Gasteiger partial charge in [-0.2, -0.15) is 0 Å². The summed E-state index contributed by atoms with van der Waals surface area (Å²) < 4.78 is 0. The predicted molar refractivity (Wildman–Crippen MR) is 64.2 cm³/mol. The molecule has 0 heterocycles. The lowest BCUT2D eigenvalue weighted by atomic mass is 9.66. The molecule has 0 aliphatic heterocycles. The fraction of sp³-hybridized carbons (Fsp3) is 0.714. The van der Waals surface area contributed by atoms with Gasteiger partial charge in [0.2, 0.25) is 0 Å². The van der Waals surface area contributed by atoms with Crippen molar-refractivity contribution in [3.8, 4) is 0 Å². The first-order chi connectivity index (χ1) is 6.43. The van der Waals surface area contributed by atoms with Crippen LogP contribution in [0.5, 0.6) is 0 Å². The quantitative estimate of drug-likeness (QED) is 0.567. The fourth-order valence-electron chi connectivity index (χ4n) is 2.73. The van der Waals surface area contributed by atoms with Crippen molar-refractivity contribution in [1.82, 2.24) is 0 Å². The number of allylic oxidation sites excluding steroid dienone is 2. The molecule has 1 rings (SSSR count). The molecule has 80 valence electrons. The molecule has 0 bridgehead atoms. The van der Waals surface area contributed by atoms with Crippen molar-refractivity contribution in [2.45, 2.75) is 40.5 Å². The van der Waals surface area contributed by atoms with Gasteiger partial charge in [-0.25, -0.2) is 0 Å². The van der Waals surface area contributed by atoms with E-state index in [0.717, 1.165) is 17.8 Å². The highest BCUT2D eigenvalue weighted by molar-refractivity contribution is 5.08. The second-order valence-electron chi connectivity index (χ2n) is 5.30. The van der Waals surface area contributed by atoms with Crippen LogP contribution in [0.4, 0.5) is 0 Å². The maximum Gasteiger partial charge on any atom is -0.0175 e. The molecule has 1 saturated carbocycles. The molecule has 0 aromatic carbocycles. The van der Waals surface area contributed by atoms with E-state index in [1.807, 2.05) is 0 Å². The van der Waals surface area contributed by atoms with Crippen molar-refractivity contribution in [2.24, 2.45) is 23.7 Å². The van der Waals surface area contributed by atoms with Crippen molar-refractivity contribution >= 4 is 0 Å². The maximum atomic E-state index is 4.13. The monoisotopic (exact) mass is 192 g/mol. The Kier molecular flexibility index (Phi) is 3.58. The molecule has 0 unspecified atom stereocenters. The van der Waals surface area contributed by atoms with Crippen LogP contribution in [0, 0.1) is 23.7 Å². The average molecular weight is 192 g/mol. The Labute approximate surface area is 89.1 Å². The molecule has 0 nitrogen and oxygen atoms in total. The third-order valence-corrected chi connectivity index (χ3v) is 4.06. The number of hydrogen-bond donors (Lipinski definition) is 0. The maximum absolute atomic E-state index is 4.13. The molecule has 0 N–H and O–H groups in total. The van der Waals surface area contributed by atoms with Crippen LogP contribution in [-0.4, -0.2) is 0 Å². The van der Waals surface area contributed by atoms with E-state index in [-0.39, 0.29) is 0 Å². The van der Waals surface area contributed by atoms with Gasteiger partial charge in [0.05, 0.1) is 0 Å². The Morgan fingerprint density at radius 3 is 2.00 bits per heavy atom. The molecule has 1 aliphatic carbocycles. The standard InChI is InChI=1S/C14H24/c1-9(2)13-7-11(5)12(6)14(8-13)10(3)4/h11-14H,1,3,7-8H2,2,4-6H3/t11-,12+,13+,14+/m1/s1. The smallest absolute Gasteiger partial charge is 0.0175 e. The van der Waals surface area contributed by atoms with E-state index < -0.39 is 0 Å². The van der Waals surface area contributed by atoms with Gasteiger partial charge in [-0.15, -0.1) is 0 Å². The first-order valence-electron chi connectivity index (χ1n) is 5.74. The molecule has 0 aromatic rings. The van der Waals surface area contributed by atoms with Gasteiger partial charge in [-0.05, 0) is 50.4 Å². The topological polar surface area (TPSA) is 0 Å². The van der Waals surface area contributed by atoms with E-state index in [9.17, 15) is 0 Å². The van der Waals surface area contributed by atoms with Crippen LogP contribution in [0.25, 0.3) is 0 Å². The molecule has 0 amide bonds. The molecule has 0 saturated heterocycles. The fourth-order valence-corrected chi connectivity index (χ4v) is 2.73. The van der Waals surface area contributed by atoms with Gasteiger partial charge in [0.1, 0.15) is 0 Å². The molecule has 0 radical (unpaired) electrons. The second-order valence-corrected chi connectivity index (χ2v) is 5.30. The molecule has 0 aromatic heterocycles. The zero-order valence-electron chi connectivity index (χ0n) is 10.1. The van der Waals surface area contributed by atoms with Gasteiger partial charge >= 0.3 is 0 Å². The molecule has 1 fully saturated rings. The van der Waals surface area contributed by atoms with Crippen LogP contribution < -0.4 is 0 Å². The Bertz CT molecular complexity index is 236. The van der Waals surface area contributed by atoms with Crippen LogP contribution in [0.3, 0.4) is 0 Å². The molecular formula is C14H24. The minimum Gasteiger partial charge on any atom is -0.0999 e. The van der Waals surface area contributed by atoms with Gasteiger partial charge in [0.15, 0.2) is 0 Å². The van der Waals surface area contributed by atoms with Crippen LogP contribution in [0.1, 0.15) is 40.5 Å². The van der Waals surface area contributed by atoms with E-state index in [1.165, 1.54) is 24.0 Å². The zero-order valence-corrected chi connectivity index (χ0v) is 10.1. The van der Waals surface area contributed by atoms with Crippen molar-refractivity contribution in [3.05, 3.63) is 24.3 Å². The SMILES string of the molecule is C=C(C)[C@H]1C[C@@H](C)[C@H](C)[C@H](C(=C)C)C1. The summed E-state index contributed by atoms with van der Waals surface area (Å²) in [5, 5.41) is 0. The normalized spacial score (nSPS) is 38.0. The lowest BCUT2D eigenvalue weighted by molar-refractivity contribution is 0.170. The molecule has 1 aliphatic rings. The first-order valence-corrected chi connectivity index (χ1v) is 5.74. The lowest BCUT2D eigenvalue weighted by Crippen LogP contribution is -2.30. The van der Waals surface area contributed by atoms with Crippen LogP contribution in [-0.2, 0) is 0 Å². The third-order valence-electron chi connectivity index (χ3n) is 4.06. The highest BCUT2D eigenvalue weighted by Gasteiger charge is 2.33. The summed E-state index contributed by atoms with van der Waals surface area (Å²) in [6.07, 6.45) is 2.59. The lowest BCUT2D eigenvalue weighted by Gasteiger charge is -2.39. The summed E-state index contributed by atoms with van der Waals surface area (Å²) in [6, 6.07) is 0. The molecule has 0 spiro atoms. The number of rotatable bonds is 2. The largest absolute Gasteiger partial charge is 0.0999 e. The van der Waals surface area contributed by atoms with E-state index >= 15 is 0 Å². The average Bonchev–Trinajstić information content (AvgIpc) is 2.08. The molecular weight excluding hydrogens is 168 g/mol. The van der Waals surface area contributed by atoms with E-state index in [0.29, 0.717) is 5.92 Å². The second kappa shape index (κ2) is 4.33. The van der Waals surface area contributed by atoms with Crippen LogP contribution in [0.15, 0.2) is 24.3 Å². The van der Waals surface area contributed by atoms with E-state index in [2.05, 4.69) is 40.9 Å². The molecule has 0 heteroatoms. The predicted octanol–water partition coefficient (Wildman–Crippen LogP) is 4.44. The van der Waals surface area contributed by atoms with Crippen LogP contribution >= 0.6 is 0 Å². The number of hydrogen-bond acceptors (Lipinski definition) is 0. The van der Waals surface area contributed by atoms with E-state index in [4.69, 9.17) is 0 Å². The van der Waals surface area contributed by atoms with Crippen molar-refractivity contribution in [1.29, 1.82) is 0 Å². The minimum atomic E-state index is 0.709. The Morgan fingerprint density at radius 2 is 1.57 bits per heavy atom. The van der Waals surface area contributed by atoms with Gasteiger partial charge in [0, 0.05) is 0 Å². The zero-order chi connectivity index (χ0) is 10.9.